The number of alkyl halides is 6. The van der Waals surface area contributed by atoms with E-state index in [2.05, 4.69) is 16.5 Å². The van der Waals surface area contributed by atoms with Gasteiger partial charge >= 0.3 is 12.4 Å². The van der Waals surface area contributed by atoms with Crippen molar-refractivity contribution in [3.63, 3.8) is 0 Å². The van der Waals surface area contributed by atoms with E-state index in [-0.39, 0.29) is 40.9 Å². The number of oxime groups is 1. The number of hydrogen-bond donors (Lipinski definition) is 1. The van der Waals surface area contributed by atoms with E-state index in [9.17, 15) is 35.5 Å². The molecule has 1 N–H and O–H groups in total. The predicted octanol–water partition coefficient (Wildman–Crippen LogP) is 7.20. The second-order valence-corrected chi connectivity index (χ2v) is 10.0. The first-order valence-electron chi connectivity index (χ1n) is 11.9. The molecule has 2 aromatic rings. The fraction of sp³-hybridized carbons (Fsp3) is 0.423. The Balaban J connectivity index is 1.59. The third kappa shape index (κ3) is 5.55. The number of nitriles is 1. The third-order valence-electron chi connectivity index (χ3n) is 7.03. The van der Waals surface area contributed by atoms with Crippen molar-refractivity contribution >= 4 is 23.2 Å². The van der Waals surface area contributed by atoms with Crippen LogP contribution in [0.2, 0.25) is 5.02 Å². The van der Waals surface area contributed by atoms with Crippen molar-refractivity contribution in [2.24, 2.45) is 11.1 Å². The molecule has 1 saturated carbocycles. The molecule has 1 fully saturated rings. The van der Waals surface area contributed by atoms with Crippen LogP contribution in [0.1, 0.15) is 64.7 Å². The average Bonchev–Trinajstić information content (AvgIpc) is 3.32. The summed E-state index contributed by atoms with van der Waals surface area (Å²) in [6.45, 7) is 1.56. The van der Waals surface area contributed by atoms with Gasteiger partial charge in [-0.3, -0.25) is 4.79 Å². The van der Waals surface area contributed by atoms with E-state index in [0.29, 0.717) is 31.2 Å². The van der Waals surface area contributed by atoms with E-state index in [1.54, 1.807) is 6.92 Å². The summed E-state index contributed by atoms with van der Waals surface area (Å²) in [5.41, 5.74) is -6.09. The first-order chi connectivity index (χ1) is 18.2. The van der Waals surface area contributed by atoms with Crippen LogP contribution in [0.15, 0.2) is 35.5 Å². The lowest BCUT2D eigenvalue weighted by molar-refractivity contribution is -0.276. The molecule has 2 aliphatic rings. The molecule has 0 spiro atoms. The highest BCUT2D eigenvalue weighted by molar-refractivity contribution is 6.30. The number of carbonyl (C=O) groups excluding carboxylic acids is 1. The Morgan fingerprint density at radius 3 is 2.36 bits per heavy atom. The van der Waals surface area contributed by atoms with Crippen LogP contribution in [0.4, 0.5) is 30.7 Å². The monoisotopic (exact) mass is 575 g/mol. The molecular formula is C26H21ClF7N3O2. The van der Waals surface area contributed by atoms with Crippen molar-refractivity contribution in [1.82, 2.24) is 5.32 Å². The summed E-state index contributed by atoms with van der Waals surface area (Å²) in [7, 11) is 0. The van der Waals surface area contributed by atoms with Crippen molar-refractivity contribution < 1.29 is 40.4 Å². The molecule has 1 atom stereocenters. The first-order valence-corrected chi connectivity index (χ1v) is 12.2. The van der Waals surface area contributed by atoms with Crippen molar-refractivity contribution in [3.8, 4) is 6.07 Å². The maximum absolute atomic E-state index is 14.8. The van der Waals surface area contributed by atoms with E-state index < -0.39 is 52.2 Å². The van der Waals surface area contributed by atoms with Gasteiger partial charge in [-0.2, -0.15) is 31.6 Å². The minimum Gasteiger partial charge on any atom is -0.374 e. The SMILES string of the molecule is Cc1cc(C2=NOC(c3cc(C(F)(F)F)cc(Cl)c3F)(C(F)(F)F)C2)ccc1C(=O)NC1CCC(C#N)CC1. The maximum atomic E-state index is 14.8. The van der Waals surface area contributed by atoms with Gasteiger partial charge in [-0.05, 0) is 68.0 Å². The molecule has 1 heterocycles. The number of aryl methyl sites for hydroxylation is 1. The number of carbonyl (C=O) groups is 1. The molecule has 0 saturated heterocycles. The standard InChI is InChI=1S/C26H21ClF7N3O2/c1-13-8-15(4-7-18(13)23(38)36-17-5-2-14(12-35)3-6-17)21-11-24(39-37-21,26(32,33)34)19-9-16(25(29,30)31)10-20(27)22(19)28/h4,7-10,14,17H,2-3,5-6,11H2,1H3,(H,36,38). The summed E-state index contributed by atoms with van der Waals surface area (Å²) >= 11 is 5.53. The van der Waals surface area contributed by atoms with Gasteiger partial charge in [0.05, 0.1) is 28.8 Å². The summed E-state index contributed by atoms with van der Waals surface area (Å²) in [5, 5.41) is 14.2. The molecule has 0 bridgehead atoms. The van der Waals surface area contributed by atoms with Crippen LogP contribution in [-0.4, -0.2) is 23.8 Å². The quantitative estimate of drug-likeness (QED) is 0.392. The normalized spacial score (nSPS) is 23.5. The van der Waals surface area contributed by atoms with Crippen LogP contribution < -0.4 is 5.32 Å². The molecule has 0 aromatic heterocycles. The molecule has 208 valence electrons. The van der Waals surface area contributed by atoms with Gasteiger partial charge in [-0.1, -0.05) is 22.8 Å². The Hall–Kier alpha value is -3.33. The lowest BCUT2D eigenvalue weighted by Crippen LogP contribution is -2.43. The topological polar surface area (TPSA) is 74.5 Å². The number of nitrogens with one attached hydrogen (secondary N) is 1. The van der Waals surface area contributed by atoms with Crippen molar-refractivity contribution in [2.75, 3.05) is 0 Å². The number of hydrogen-bond acceptors (Lipinski definition) is 4. The third-order valence-corrected chi connectivity index (χ3v) is 7.30. The molecular weight excluding hydrogens is 555 g/mol. The van der Waals surface area contributed by atoms with Crippen LogP contribution in [-0.2, 0) is 16.6 Å². The summed E-state index contributed by atoms with van der Waals surface area (Å²) < 4.78 is 97.5. The first kappa shape index (κ1) is 28.7. The van der Waals surface area contributed by atoms with E-state index in [1.165, 1.54) is 18.2 Å². The van der Waals surface area contributed by atoms with Gasteiger partial charge in [0.15, 0.2) is 0 Å². The van der Waals surface area contributed by atoms with E-state index in [0.717, 1.165) is 0 Å². The molecule has 1 aliphatic carbocycles. The van der Waals surface area contributed by atoms with Gasteiger partial charge in [-0.25, -0.2) is 4.39 Å². The minimum absolute atomic E-state index is 0.0237. The van der Waals surface area contributed by atoms with Crippen molar-refractivity contribution in [2.45, 2.75) is 63.0 Å². The zero-order valence-electron chi connectivity index (χ0n) is 20.3. The zero-order chi connectivity index (χ0) is 28.8. The number of amides is 1. The predicted molar refractivity (Wildman–Crippen MR) is 126 cm³/mol. The van der Waals surface area contributed by atoms with Gasteiger partial charge in [0, 0.05) is 23.1 Å². The molecule has 1 unspecified atom stereocenters. The largest absolute Gasteiger partial charge is 0.435 e. The van der Waals surface area contributed by atoms with Crippen LogP contribution >= 0.6 is 11.6 Å². The van der Waals surface area contributed by atoms with Crippen LogP contribution in [0.3, 0.4) is 0 Å². The Labute approximate surface area is 223 Å². The van der Waals surface area contributed by atoms with Gasteiger partial charge in [0.1, 0.15) is 5.82 Å². The molecule has 2 aromatic carbocycles. The lowest BCUT2D eigenvalue weighted by Gasteiger charge is -2.30. The minimum atomic E-state index is -5.37. The van der Waals surface area contributed by atoms with Gasteiger partial charge in [0.25, 0.3) is 11.5 Å². The molecule has 39 heavy (non-hydrogen) atoms. The van der Waals surface area contributed by atoms with Crippen molar-refractivity contribution in [1.29, 1.82) is 5.26 Å². The molecule has 0 radical (unpaired) electrons. The average molecular weight is 576 g/mol. The smallest absolute Gasteiger partial charge is 0.374 e. The second-order valence-electron chi connectivity index (χ2n) is 9.63. The molecule has 1 amide bonds. The van der Waals surface area contributed by atoms with Crippen LogP contribution in [0.25, 0.3) is 0 Å². The van der Waals surface area contributed by atoms with Gasteiger partial charge < -0.3 is 10.2 Å². The van der Waals surface area contributed by atoms with E-state index in [1.807, 2.05) is 0 Å². The maximum Gasteiger partial charge on any atom is 0.435 e. The highest BCUT2D eigenvalue weighted by Gasteiger charge is 2.64. The number of nitrogens with zero attached hydrogens (tertiary/aromatic N) is 2. The number of benzene rings is 2. The van der Waals surface area contributed by atoms with Crippen molar-refractivity contribution in [3.05, 3.63) is 69.0 Å². The fourth-order valence-electron chi connectivity index (χ4n) is 4.81. The summed E-state index contributed by atoms with van der Waals surface area (Å²) in [6, 6.07) is 6.43. The zero-order valence-corrected chi connectivity index (χ0v) is 21.1. The van der Waals surface area contributed by atoms with Crippen LogP contribution in [0.5, 0.6) is 0 Å². The highest BCUT2D eigenvalue weighted by atomic mass is 35.5. The Bertz CT molecular complexity index is 1360. The van der Waals surface area contributed by atoms with E-state index in [4.69, 9.17) is 21.7 Å². The Kier molecular flexibility index (Phi) is 7.60. The molecule has 5 nitrogen and oxygen atoms in total. The molecule has 13 heteroatoms. The second kappa shape index (κ2) is 10.3. The van der Waals surface area contributed by atoms with E-state index >= 15 is 0 Å². The highest BCUT2D eigenvalue weighted by Crippen LogP contribution is 2.51. The fourth-order valence-corrected chi connectivity index (χ4v) is 5.03. The van der Waals surface area contributed by atoms with Gasteiger partial charge in [0.2, 0.25) is 0 Å². The van der Waals surface area contributed by atoms with Gasteiger partial charge in [-0.15, -0.1) is 0 Å². The Morgan fingerprint density at radius 2 is 1.79 bits per heavy atom. The summed E-state index contributed by atoms with van der Waals surface area (Å²) in [5.74, 6) is -2.14. The molecule has 4 rings (SSSR count). The van der Waals surface area contributed by atoms with Crippen LogP contribution in [0, 0.1) is 30.0 Å². The Morgan fingerprint density at radius 1 is 1.13 bits per heavy atom. The lowest BCUT2D eigenvalue weighted by atomic mass is 9.85. The summed E-state index contributed by atoms with van der Waals surface area (Å²) in [6.07, 6.45) is -8.97. The number of halogens is 8. The number of rotatable bonds is 4. The summed E-state index contributed by atoms with van der Waals surface area (Å²) in [4.78, 5) is 17.5. The molecule has 1 aliphatic heterocycles.